The van der Waals surface area contributed by atoms with Crippen LogP contribution >= 0.6 is 0 Å². The summed E-state index contributed by atoms with van der Waals surface area (Å²) in [5, 5.41) is 7.86. The van der Waals surface area contributed by atoms with Gasteiger partial charge in [0.25, 0.3) is 0 Å². The lowest BCUT2D eigenvalue weighted by molar-refractivity contribution is -0.139. The maximum atomic E-state index is 13.3. The molecule has 3 aromatic carbocycles. The second kappa shape index (κ2) is 12.6. The van der Waals surface area contributed by atoms with Gasteiger partial charge in [0.15, 0.2) is 0 Å². The number of esters is 1. The number of carbonyl (C=O) groups excluding carboxylic acids is 3. The number of hydrogen-bond donors (Lipinski definition) is 3. The fourth-order valence-corrected chi connectivity index (χ4v) is 4.50. The minimum atomic E-state index is -4.54. The van der Waals surface area contributed by atoms with Crippen molar-refractivity contribution in [3.63, 3.8) is 0 Å². The van der Waals surface area contributed by atoms with Gasteiger partial charge >= 0.3 is 24.2 Å². The third kappa shape index (κ3) is 6.86. The van der Waals surface area contributed by atoms with Gasteiger partial charge in [0.1, 0.15) is 0 Å². The van der Waals surface area contributed by atoms with Crippen molar-refractivity contribution in [1.29, 1.82) is 0 Å². The van der Waals surface area contributed by atoms with E-state index in [4.69, 9.17) is 4.74 Å². The SMILES string of the molecule is CCCN1C(=O)NC(c2ccc(NC(=O)Nc3cccc(C(F)(F)F)c3)cc2)C(C(=O)OCC)=C1c1ccccc1. The van der Waals surface area contributed by atoms with E-state index in [1.807, 2.05) is 37.3 Å². The second-order valence-electron chi connectivity index (χ2n) is 9.16. The minimum Gasteiger partial charge on any atom is -0.463 e. The zero-order chi connectivity index (χ0) is 29.6. The lowest BCUT2D eigenvalue weighted by Gasteiger charge is -2.36. The summed E-state index contributed by atoms with van der Waals surface area (Å²) in [7, 11) is 0. The molecule has 3 aromatic rings. The van der Waals surface area contributed by atoms with Gasteiger partial charge in [-0.3, -0.25) is 4.90 Å². The molecule has 1 aliphatic rings. The molecule has 41 heavy (non-hydrogen) atoms. The quantitative estimate of drug-likeness (QED) is 0.261. The van der Waals surface area contributed by atoms with E-state index in [9.17, 15) is 27.6 Å². The van der Waals surface area contributed by atoms with E-state index < -0.39 is 29.8 Å². The largest absolute Gasteiger partial charge is 0.463 e. The normalized spacial score (nSPS) is 15.3. The number of nitrogens with zero attached hydrogens (tertiary/aromatic N) is 1. The highest BCUT2D eigenvalue weighted by Gasteiger charge is 2.38. The highest BCUT2D eigenvalue weighted by molar-refractivity contribution is 6.05. The van der Waals surface area contributed by atoms with Gasteiger partial charge in [-0.1, -0.05) is 55.5 Å². The molecule has 4 rings (SSSR count). The van der Waals surface area contributed by atoms with Crippen LogP contribution in [0.4, 0.5) is 34.1 Å². The molecular formula is C30H29F3N4O4. The van der Waals surface area contributed by atoms with E-state index in [0.29, 0.717) is 35.5 Å². The van der Waals surface area contributed by atoms with Crippen molar-refractivity contribution in [3.8, 4) is 0 Å². The molecule has 1 aliphatic heterocycles. The molecule has 0 saturated carbocycles. The Hall–Kier alpha value is -4.80. The Bertz CT molecular complexity index is 1440. The van der Waals surface area contributed by atoms with Crippen LogP contribution in [-0.4, -0.2) is 36.1 Å². The van der Waals surface area contributed by atoms with Gasteiger partial charge in [0, 0.05) is 17.9 Å². The molecule has 1 heterocycles. The number of halogens is 3. The Balaban J connectivity index is 1.62. The van der Waals surface area contributed by atoms with Crippen molar-refractivity contribution in [2.45, 2.75) is 32.5 Å². The predicted octanol–water partition coefficient (Wildman–Crippen LogP) is 6.80. The zero-order valence-corrected chi connectivity index (χ0v) is 22.4. The number of rotatable bonds is 8. The van der Waals surface area contributed by atoms with Crippen LogP contribution < -0.4 is 16.0 Å². The van der Waals surface area contributed by atoms with Crippen LogP contribution in [0.15, 0.2) is 84.4 Å². The van der Waals surface area contributed by atoms with Gasteiger partial charge < -0.3 is 20.7 Å². The van der Waals surface area contributed by atoms with Crippen molar-refractivity contribution >= 4 is 35.1 Å². The monoisotopic (exact) mass is 566 g/mol. The molecule has 214 valence electrons. The second-order valence-corrected chi connectivity index (χ2v) is 9.16. The van der Waals surface area contributed by atoms with Crippen molar-refractivity contribution in [3.05, 3.63) is 101 Å². The number of hydrogen-bond acceptors (Lipinski definition) is 4. The summed E-state index contributed by atoms with van der Waals surface area (Å²) < 4.78 is 44.3. The third-order valence-electron chi connectivity index (χ3n) is 6.27. The van der Waals surface area contributed by atoms with Crippen molar-refractivity contribution in [1.82, 2.24) is 10.2 Å². The number of nitrogens with one attached hydrogen (secondary N) is 3. The summed E-state index contributed by atoms with van der Waals surface area (Å²) in [4.78, 5) is 40.5. The number of anilines is 2. The molecular weight excluding hydrogens is 537 g/mol. The Morgan fingerprint density at radius 3 is 2.24 bits per heavy atom. The molecule has 11 heteroatoms. The summed E-state index contributed by atoms with van der Waals surface area (Å²) in [6.45, 7) is 4.16. The van der Waals surface area contributed by atoms with Gasteiger partial charge in [-0.05, 0) is 54.8 Å². The summed E-state index contributed by atoms with van der Waals surface area (Å²) in [6.07, 6.45) is -3.88. The predicted molar refractivity (Wildman–Crippen MR) is 149 cm³/mol. The molecule has 0 spiro atoms. The third-order valence-corrected chi connectivity index (χ3v) is 6.27. The molecule has 0 aromatic heterocycles. The summed E-state index contributed by atoms with van der Waals surface area (Å²) in [5.74, 6) is -0.569. The van der Waals surface area contributed by atoms with Gasteiger partial charge in [-0.15, -0.1) is 0 Å². The Morgan fingerprint density at radius 2 is 1.61 bits per heavy atom. The van der Waals surface area contributed by atoms with Crippen LogP contribution in [0.3, 0.4) is 0 Å². The summed E-state index contributed by atoms with van der Waals surface area (Å²) >= 11 is 0. The molecule has 0 fully saturated rings. The van der Waals surface area contributed by atoms with Gasteiger partial charge in [-0.2, -0.15) is 13.2 Å². The lowest BCUT2D eigenvalue weighted by atomic mass is 9.91. The maximum Gasteiger partial charge on any atom is 0.416 e. The van der Waals surface area contributed by atoms with Crippen LogP contribution in [0.5, 0.6) is 0 Å². The number of carbonyl (C=O) groups is 3. The standard InChI is InChI=1S/C30H29F3N4O4/c1-3-17-37-26(20-9-6-5-7-10-20)24(27(38)41-4-2)25(36-29(37)40)19-13-15-22(16-14-19)34-28(39)35-23-12-8-11-21(18-23)30(31,32)33/h5-16,18,25H,3-4,17H2,1-2H3,(H,36,40)(H2,34,35,39). The maximum absolute atomic E-state index is 13.3. The highest BCUT2D eigenvalue weighted by Crippen LogP contribution is 2.37. The smallest absolute Gasteiger partial charge is 0.416 e. The van der Waals surface area contributed by atoms with E-state index in [2.05, 4.69) is 16.0 Å². The van der Waals surface area contributed by atoms with Gasteiger partial charge in [0.2, 0.25) is 0 Å². The molecule has 1 unspecified atom stereocenters. The topological polar surface area (TPSA) is 99.8 Å². The molecule has 8 nitrogen and oxygen atoms in total. The Kier molecular flexibility index (Phi) is 8.96. The minimum absolute atomic E-state index is 0.0202. The van der Waals surface area contributed by atoms with Crippen LogP contribution in [0.2, 0.25) is 0 Å². The average molecular weight is 567 g/mol. The molecule has 4 amide bonds. The first-order valence-electron chi connectivity index (χ1n) is 13.0. The summed E-state index contributed by atoms with van der Waals surface area (Å²) in [5.41, 5.74) is 1.43. The Labute approximate surface area is 235 Å². The van der Waals surface area contributed by atoms with Crippen LogP contribution in [0.1, 0.15) is 43.0 Å². The van der Waals surface area contributed by atoms with Crippen LogP contribution in [0, 0.1) is 0 Å². The molecule has 0 radical (unpaired) electrons. The fraction of sp³-hybridized carbons (Fsp3) is 0.233. The van der Waals surface area contributed by atoms with E-state index in [1.165, 1.54) is 17.0 Å². The number of alkyl halides is 3. The van der Waals surface area contributed by atoms with Gasteiger partial charge in [-0.25, -0.2) is 14.4 Å². The van der Waals surface area contributed by atoms with E-state index in [1.54, 1.807) is 31.2 Å². The zero-order valence-electron chi connectivity index (χ0n) is 22.4. The first-order chi connectivity index (χ1) is 19.6. The van der Waals surface area contributed by atoms with Crippen LogP contribution in [0.25, 0.3) is 5.70 Å². The molecule has 1 atom stereocenters. The first-order valence-corrected chi connectivity index (χ1v) is 13.0. The number of ether oxygens (including phenoxy) is 1. The van der Waals surface area contributed by atoms with Crippen molar-refractivity contribution < 1.29 is 32.3 Å². The summed E-state index contributed by atoms with van der Waals surface area (Å²) in [6, 6.07) is 17.9. The Morgan fingerprint density at radius 1 is 0.927 bits per heavy atom. The molecule has 3 N–H and O–H groups in total. The number of benzene rings is 3. The van der Waals surface area contributed by atoms with E-state index in [0.717, 1.165) is 12.1 Å². The molecule has 0 saturated heterocycles. The van der Waals surface area contributed by atoms with Crippen LogP contribution in [-0.2, 0) is 15.7 Å². The number of amides is 4. The average Bonchev–Trinajstić information content (AvgIpc) is 2.94. The number of urea groups is 2. The molecule has 0 aliphatic carbocycles. The fourth-order valence-electron chi connectivity index (χ4n) is 4.50. The van der Waals surface area contributed by atoms with Gasteiger partial charge in [0.05, 0.1) is 29.5 Å². The molecule has 0 bridgehead atoms. The van der Waals surface area contributed by atoms with E-state index in [-0.39, 0.29) is 23.9 Å². The van der Waals surface area contributed by atoms with Crippen molar-refractivity contribution in [2.75, 3.05) is 23.8 Å². The van der Waals surface area contributed by atoms with Crippen molar-refractivity contribution in [2.24, 2.45) is 0 Å². The first kappa shape index (κ1) is 29.2. The van der Waals surface area contributed by atoms with E-state index >= 15 is 0 Å². The lowest BCUT2D eigenvalue weighted by Crippen LogP contribution is -2.48. The highest BCUT2D eigenvalue weighted by atomic mass is 19.4.